The minimum atomic E-state index is -0.925. The molecular formula is C19H27N3O5. The molecule has 1 aromatic carbocycles. The zero-order chi connectivity index (χ0) is 20.0. The lowest BCUT2D eigenvalue weighted by atomic mass is 9.96. The third-order valence-corrected chi connectivity index (χ3v) is 4.58. The molecule has 1 heterocycles. The lowest BCUT2D eigenvalue weighted by Gasteiger charge is -2.20. The van der Waals surface area contributed by atoms with Crippen molar-refractivity contribution in [3.63, 3.8) is 0 Å². The summed E-state index contributed by atoms with van der Waals surface area (Å²) in [7, 11) is 3.13. The van der Waals surface area contributed by atoms with Gasteiger partial charge in [0.15, 0.2) is 11.5 Å². The highest BCUT2D eigenvalue weighted by Gasteiger charge is 2.47. The number of rotatable bonds is 9. The number of urea groups is 1. The topological polar surface area (TPSA) is 97.0 Å². The summed E-state index contributed by atoms with van der Waals surface area (Å²) < 4.78 is 10.4. The molecule has 8 heteroatoms. The number of methoxy groups -OCH3 is 2. The third-order valence-electron chi connectivity index (χ3n) is 4.58. The number of nitrogens with zero attached hydrogens (tertiary/aromatic N) is 1. The monoisotopic (exact) mass is 377 g/mol. The summed E-state index contributed by atoms with van der Waals surface area (Å²) in [5, 5.41) is 5.41. The van der Waals surface area contributed by atoms with Crippen molar-refractivity contribution in [3.8, 4) is 11.5 Å². The predicted molar refractivity (Wildman–Crippen MR) is 99.8 cm³/mol. The second-order valence-electron chi connectivity index (χ2n) is 6.69. The molecular weight excluding hydrogens is 350 g/mol. The van der Waals surface area contributed by atoms with Gasteiger partial charge >= 0.3 is 6.03 Å². The van der Waals surface area contributed by atoms with Crippen LogP contribution in [0.2, 0.25) is 0 Å². The molecule has 0 radical (unpaired) electrons. The van der Waals surface area contributed by atoms with Gasteiger partial charge in [-0.25, -0.2) is 4.79 Å². The van der Waals surface area contributed by atoms with Crippen molar-refractivity contribution in [2.24, 2.45) is 0 Å². The van der Waals surface area contributed by atoms with E-state index in [4.69, 9.17) is 9.47 Å². The van der Waals surface area contributed by atoms with Gasteiger partial charge in [-0.05, 0) is 37.5 Å². The molecule has 2 N–H and O–H groups in total. The van der Waals surface area contributed by atoms with Crippen molar-refractivity contribution < 1.29 is 23.9 Å². The maximum Gasteiger partial charge on any atom is 0.325 e. The Labute approximate surface area is 159 Å². The Morgan fingerprint density at radius 3 is 2.56 bits per heavy atom. The van der Waals surface area contributed by atoms with Crippen molar-refractivity contribution in [1.29, 1.82) is 0 Å². The van der Waals surface area contributed by atoms with Gasteiger partial charge in [-0.1, -0.05) is 19.4 Å². The average molecular weight is 377 g/mol. The van der Waals surface area contributed by atoms with E-state index in [2.05, 4.69) is 10.6 Å². The maximum absolute atomic E-state index is 12.4. The van der Waals surface area contributed by atoms with Gasteiger partial charge in [-0.2, -0.15) is 0 Å². The van der Waals surface area contributed by atoms with Crippen LogP contribution in [0.3, 0.4) is 0 Å². The molecule has 148 valence electrons. The van der Waals surface area contributed by atoms with Gasteiger partial charge in [0, 0.05) is 6.54 Å². The van der Waals surface area contributed by atoms with Gasteiger partial charge < -0.3 is 20.1 Å². The molecule has 0 spiro atoms. The molecule has 0 aromatic heterocycles. The SMILES string of the molecule is CCC[C@@]1(C)NC(=O)N(CC(=O)NCCc2ccc(OC)c(OC)c2)C1=O. The zero-order valence-electron chi connectivity index (χ0n) is 16.3. The van der Waals surface area contributed by atoms with E-state index in [1.54, 1.807) is 27.2 Å². The van der Waals surface area contributed by atoms with Gasteiger partial charge in [-0.15, -0.1) is 0 Å². The first kappa shape index (κ1) is 20.5. The van der Waals surface area contributed by atoms with Crippen LogP contribution < -0.4 is 20.1 Å². The van der Waals surface area contributed by atoms with Crippen molar-refractivity contribution in [3.05, 3.63) is 23.8 Å². The second-order valence-corrected chi connectivity index (χ2v) is 6.69. The minimum absolute atomic E-state index is 0.282. The van der Waals surface area contributed by atoms with Crippen LogP contribution in [0.4, 0.5) is 4.79 Å². The maximum atomic E-state index is 12.4. The van der Waals surface area contributed by atoms with E-state index in [0.29, 0.717) is 30.9 Å². The Morgan fingerprint density at radius 1 is 1.22 bits per heavy atom. The summed E-state index contributed by atoms with van der Waals surface area (Å²) in [4.78, 5) is 37.6. The Bertz CT molecular complexity index is 721. The van der Waals surface area contributed by atoms with Crippen molar-refractivity contribution in [2.45, 2.75) is 38.6 Å². The Hall–Kier alpha value is -2.77. The van der Waals surface area contributed by atoms with Gasteiger partial charge in [0.25, 0.3) is 5.91 Å². The number of carbonyl (C=O) groups excluding carboxylic acids is 3. The zero-order valence-corrected chi connectivity index (χ0v) is 16.3. The van der Waals surface area contributed by atoms with Gasteiger partial charge in [-0.3, -0.25) is 14.5 Å². The van der Waals surface area contributed by atoms with Crippen LogP contribution in [0.1, 0.15) is 32.3 Å². The van der Waals surface area contributed by atoms with E-state index in [-0.39, 0.29) is 18.4 Å². The summed E-state index contributed by atoms with van der Waals surface area (Å²) in [6.45, 7) is 3.72. The normalized spacial score (nSPS) is 19.0. The Morgan fingerprint density at radius 2 is 1.93 bits per heavy atom. The van der Waals surface area contributed by atoms with E-state index in [1.165, 1.54) is 0 Å². The number of carbonyl (C=O) groups is 3. The number of imide groups is 1. The summed E-state index contributed by atoms with van der Waals surface area (Å²) in [5.74, 6) is 0.527. The first-order chi connectivity index (χ1) is 12.8. The number of hydrogen-bond donors (Lipinski definition) is 2. The molecule has 0 aliphatic carbocycles. The molecule has 4 amide bonds. The van der Waals surface area contributed by atoms with Crippen LogP contribution in [-0.4, -0.2) is 55.6 Å². The van der Waals surface area contributed by atoms with Gasteiger partial charge in [0.1, 0.15) is 12.1 Å². The largest absolute Gasteiger partial charge is 0.493 e. The molecule has 2 rings (SSSR count). The summed E-state index contributed by atoms with van der Waals surface area (Å²) in [6, 6.07) is 5.02. The lowest BCUT2D eigenvalue weighted by molar-refractivity contribution is -0.134. The molecule has 0 bridgehead atoms. The second kappa shape index (κ2) is 8.75. The van der Waals surface area contributed by atoms with Gasteiger partial charge in [0.05, 0.1) is 14.2 Å². The number of benzene rings is 1. The van der Waals surface area contributed by atoms with E-state index in [9.17, 15) is 14.4 Å². The highest BCUT2D eigenvalue weighted by Crippen LogP contribution is 2.27. The van der Waals surface area contributed by atoms with Crippen molar-refractivity contribution in [1.82, 2.24) is 15.5 Å². The molecule has 1 fully saturated rings. The molecule has 27 heavy (non-hydrogen) atoms. The smallest absolute Gasteiger partial charge is 0.325 e. The highest BCUT2D eigenvalue weighted by molar-refractivity contribution is 6.08. The third kappa shape index (κ3) is 4.69. The molecule has 1 aliphatic heterocycles. The van der Waals surface area contributed by atoms with E-state index >= 15 is 0 Å². The fourth-order valence-corrected chi connectivity index (χ4v) is 3.14. The Kier molecular flexibility index (Phi) is 6.65. The van der Waals surface area contributed by atoms with E-state index in [1.807, 2.05) is 19.1 Å². The highest BCUT2D eigenvalue weighted by atomic mass is 16.5. The van der Waals surface area contributed by atoms with E-state index in [0.717, 1.165) is 16.9 Å². The summed E-state index contributed by atoms with van der Waals surface area (Å²) in [5.41, 5.74) is 0.0460. The van der Waals surface area contributed by atoms with Crippen LogP contribution in [0.5, 0.6) is 11.5 Å². The molecule has 1 saturated heterocycles. The van der Waals surface area contributed by atoms with Crippen LogP contribution in [0, 0.1) is 0 Å². The standard InChI is InChI=1S/C19H27N3O5/c1-5-9-19(2)17(24)22(18(25)21-19)12-16(23)20-10-8-13-6-7-14(26-3)15(11-13)27-4/h6-7,11H,5,8-10,12H2,1-4H3,(H,20,23)(H,21,25)/t19-/m1/s1. The van der Waals surface area contributed by atoms with Crippen molar-refractivity contribution >= 4 is 17.8 Å². The molecule has 0 unspecified atom stereocenters. The van der Waals surface area contributed by atoms with Gasteiger partial charge in [0.2, 0.25) is 5.91 Å². The molecule has 0 saturated carbocycles. The molecule has 1 atom stereocenters. The van der Waals surface area contributed by atoms with Crippen molar-refractivity contribution in [2.75, 3.05) is 27.3 Å². The van der Waals surface area contributed by atoms with Crippen LogP contribution >= 0.6 is 0 Å². The number of ether oxygens (including phenoxy) is 2. The average Bonchev–Trinajstić information content (AvgIpc) is 2.85. The molecule has 1 aromatic rings. The summed E-state index contributed by atoms with van der Waals surface area (Å²) in [6.07, 6.45) is 1.88. The first-order valence-corrected chi connectivity index (χ1v) is 8.96. The molecule has 1 aliphatic rings. The first-order valence-electron chi connectivity index (χ1n) is 8.96. The quantitative estimate of drug-likeness (QED) is 0.635. The minimum Gasteiger partial charge on any atom is -0.493 e. The fourth-order valence-electron chi connectivity index (χ4n) is 3.14. The number of amides is 4. The van der Waals surface area contributed by atoms with Crippen LogP contribution in [-0.2, 0) is 16.0 Å². The Balaban J connectivity index is 1.86. The van der Waals surface area contributed by atoms with Crippen LogP contribution in [0.25, 0.3) is 0 Å². The van der Waals surface area contributed by atoms with Crippen LogP contribution in [0.15, 0.2) is 18.2 Å². The summed E-state index contributed by atoms with van der Waals surface area (Å²) >= 11 is 0. The number of nitrogens with one attached hydrogen (secondary N) is 2. The molecule has 8 nitrogen and oxygen atoms in total. The fraction of sp³-hybridized carbons (Fsp3) is 0.526. The lowest BCUT2D eigenvalue weighted by Crippen LogP contribution is -2.45. The predicted octanol–water partition coefficient (Wildman–Crippen LogP) is 1.47. The van der Waals surface area contributed by atoms with E-state index < -0.39 is 11.6 Å². The number of hydrogen-bond acceptors (Lipinski definition) is 5.